The summed E-state index contributed by atoms with van der Waals surface area (Å²) >= 11 is 0. The van der Waals surface area contributed by atoms with E-state index < -0.39 is 17.4 Å². The van der Waals surface area contributed by atoms with E-state index in [-0.39, 0.29) is 11.7 Å². The lowest BCUT2D eigenvalue weighted by atomic mass is 10.0. The molecular formula is C14H18N4O2. The number of nitrogens with two attached hydrogens (primary N) is 2. The van der Waals surface area contributed by atoms with E-state index in [4.69, 9.17) is 11.5 Å². The van der Waals surface area contributed by atoms with E-state index in [9.17, 15) is 9.59 Å². The first-order valence-corrected chi connectivity index (χ1v) is 6.30. The Morgan fingerprint density at radius 1 is 1.25 bits per heavy atom. The number of hydrazine groups is 1. The molecule has 0 saturated heterocycles. The zero-order valence-corrected chi connectivity index (χ0v) is 11.5. The van der Waals surface area contributed by atoms with Gasteiger partial charge in [-0.05, 0) is 25.5 Å². The quantitative estimate of drug-likeness (QED) is 0.729. The maximum atomic E-state index is 11.6. The molecule has 106 valence electrons. The minimum atomic E-state index is -1.12. The Hall–Kier alpha value is -2.34. The van der Waals surface area contributed by atoms with Crippen molar-refractivity contribution >= 4 is 11.8 Å². The lowest BCUT2D eigenvalue weighted by Crippen LogP contribution is -2.54. The number of rotatable bonds is 4. The minimum Gasteiger partial charge on any atom is -0.368 e. The van der Waals surface area contributed by atoms with Gasteiger partial charge in [0.1, 0.15) is 11.2 Å². The van der Waals surface area contributed by atoms with Crippen LogP contribution in [0.25, 0.3) is 0 Å². The molecule has 1 aromatic rings. The second-order valence-corrected chi connectivity index (χ2v) is 5.03. The van der Waals surface area contributed by atoms with Crippen LogP contribution in [0.5, 0.6) is 0 Å². The van der Waals surface area contributed by atoms with Crippen LogP contribution < -0.4 is 16.9 Å². The van der Waals surface area contributed by atoms with Crippen molar-refractivity contribution in [3.63, 3.8) is 0 Å². The van der Waals surface area contributed by atoms with E-state index in [1.54, 1.807) is 11.9 Å². The fourth-order valence-corrected chi connectivity index (χ4v) is 2.19. The first kappa shape index (κ1) is 14.1. The number of carbonyl (C=O) groups is 2. The molecule has 2 unspecified atom stereocenters. The summed E-state index contributed by atoms with van der Waals surface area (Å²) in [7, 11) is 0. The summed E-state index contributed by atoms with van der Waals surface area (Å²) in [6, 6.07) is 9.42. The highest BCUT2D eigenvalue weighted by atomic mass is 16.2. The van der Waals surface area contributed by atoms with Gasteiger partial charge in [0.25, 0.3) is 5.91 Å². The van der Waals surface area contributed by atoms with Crippen molar-refractivity contribution in [1.82, 2.24) is 10.4 Å². The molecule has 0 radical (unpaired) electrons. The van der Waals surface area contributed by atoms with Crippen LogP contribution in [0.1, 0.15) is 25.5 Å². The lowest BCUT2D eigenvalue weighted by molar-refractivity contribution is -0.123. The van der Waals surface area contributed by atoms with Crippen LogP contribution in [-0.2, 0) is 9.59 Å². The van der Waals surface area contributed by atoms with Gasteiger partial charge >= 0.3 is 0 Å². The van der Waals surface area contributed by atoms with E-state index in [1.807, 2.05) is 37.3 Å². The van der Waals surface area contributed by atoms with Gasteiger partial charge in [-0.15, -0.1) is 0 Å². The monoisotopic (exact) mass is 274 g/mol. The van der Waals surface area contributed by atoms with Crippen LogP contribution in [0.2, 0.25) is 0 Å². The maximum absolute atomic E-state index is 11.6. The number of nitrogens with one attached hydrogen (secondary N) is 1. The number of hydrogen-bond acceptors (Lipinski definition) is 4. The highest BCUT2D eigenvalue weighted by Crippen LogP contribution is 2.29. The molecule has 5 N–H and O–H groups in total. The van der Waals surface area contributed by atoms with Gasteiger partial charge in [0.2, 0.25) is 5.91 Å². The molecule has 1 aliphatic heterocycles. The van der Waals surface area contributed by atoms with Gasteiger partial charge in [-0.2, -0.15) is 0 Å². The molecule has 1 heterocycles. The molecule has 6 nitrogen and oxygen atoms in total. The Morgan fingerprint density at radius 3 is 2.35 bits per heavy atom. The van der Waals surface area contributed by atoms with Gasteiger partial charge in [0.15, 0.2) is 0 Å². The standard InChI is InChI=1S/C14H18N4O2/c1-9(10-6-4-3-5-7-10)18-11(12(15)19)8-14(2,17-18)13(16)20/h3-9,17H,1-2H3,(H2,15,19)(H2,16,20). The van der Waals surface area contributed by atoms with Crippen molar-refractivity contribution in [3.05, 3.63) is 47.7 Å². The Kier molecular flexibility index (Phi) is 3.50. The molecule has 0 saturated carbocycles. The van der Waals surface area contributed by atoms with Crippen molar-refractivity contribution < 1.29 is 9.59 Å². The third kappa shape index (κ3) is 2.37. The van der Waals surface area contributed by atoms with Crippen LogP contribution in [0, 0.1) is 0 Å². The Morgan fingerprint density at radius 2 is 1.85 bits per heavy atom. The van der Waals surface area contributed by atoms with Crippen LogP contribution >= 0.6 is 0 Å². The number of primary amides is 2. The predicted molar refractivity (Wildman–Crippen MR) is 74.7 cm³/mol. The molecule has 0 spiro atoms. The van der Waals surface area contributed by atoms with Gasteiger partial charge in [-0.1, -0.05) is 30.3 Å². The Labute approximate surface area is 117 Å². The normalized spacial score (nSPS) is 23.3. The van der Waals surface area contributed by atoms with Gasteiger partial charge in [-0.25, -0.2) is 5.43 Å². The van der Waals surface area contributed by atoms with E-state index in [0.29, 0.717) is 0 Å². The second kappa shape index (κ2) is 4.97. The van der Waals surface area contributed by atoms with E-state index in [1.165, 1.54) is 6.08 Å². The summed E-state index contributed by atoms with van der Waals surface area (Å²) in [5.74, 6) is -1.18. The largest absolute Gasteiger partial charge is 0.368 e. The minimum absolute atomic E-state index is 0.170. The molecular weight excluding hydrogens is 256 g/mol. The van der Waals surface area contributed by atoms with E-state index >= 15 is 0 Å². The molecule has 6 heteroatoms. The first-order chi connectivity index (χ1) is 9.35. The highest BCUT2D eigenvalue weighted by Gasteiger charge is 2.41. The summed E-state index contributed by atoms with van der Waals surface area (Å²) in [4.78, 5) is 23.1. The fraction of sp³-hybridized carbons (Fsp3) is 0.286. The van der Waals surface area contributed by atoms with Gasteiger partial charge in [-0.3, -0.25) is 14.6 Å². The average Bonchev–Trinajstić information content (AvgIpc) is 2.79. The van der Waals surface area contributed by atoms with Crippen LogP contribution in [-0.4, -0.2) is 22.4 Å². The van der Waals surface area contributed by atoms with Crippen LogP contribution in [0.15, 0.2) is 42.1 Å². The third-order valence-electron chi connectivity index (χ3n) is 3.47. The Bertz CT molecular complexity index is 570. The van der Waals surface area contributed by atoms with Crippen LogP contribution in [0.4, 0.5) is 0 Å². The molecule has 1 aliphatic rings. The first-order valence-electron chi connectivity index (χ1n) is 6.30. The smallest absolute Gasteiger partial charge is 0.266 e. The van der Waals surface area contributed by atoms with Crippen molar-refractivity contribution in [3.8, 4) is 0 Å². The lowest BCUT2D eigenvalue weighted by Gasteiger charge is -2.31. The van der Waals surface area contributed by atoms with Crippen molar-refractivity contribution in [2.75, 3.05) is 0 Å². The summed E-state index contributed by atoms with van der Waals surface area (Å²) in [6.07, 6.45) is 1.47. The van der Waals surface area contributed by atoms with Crippen molar-refractivity contribution in [2.24, 2.45) is 11.5 Å². The molecule has 20 heavy (non-hydrogen) atoms. The predicted octanol–water partition coefficient (Wildman–Crippen LogP) is 0.181. The van der Waals surface area contributed by atoms with Gasteiger partial charge in [0.05, 0.1) is 6.04 Å². The maximum Gasteiger partial charge on any atom is 0.266 e. The molecule has 2 rings (SSSR count). The molecule has 0 aliphatic carbocycles. The molecule has 1 aromatic carbocycles. The van der Waals surface area contributed by atoms with Crippen molar-refractivity contribution in [2.45, 2.75) is 25.4 Å². The Balaban J connectivity index is 2.35. The average molecular weight is 274 g/mol. The third-order valence-corrected chi connectivity index (χ3v) is 3.47. The fourth-order valence-electron chi connectivity index (χ4n) is 2.19. The van der Waals surface area contributed by atoms with Crippen LogP contribution in [0.3, 0.4) is 0 Å². The number of amides is 2. The number of benzene rings is 1. The zero-order chi connectivity index (χ0) is 14.9. The number of carbonyl (C=O) groups excluding carboxylic acids is 2. The SMILES string of the molecule is CC(c1ccccc1)N1NC(C)(C(N)=O)C=C1C(N)=O. The molecule has 2 atom stereocenters. The van der Waals surface area contributed by atoms with E-state index in [2.05, 4.69) is 5.43 Å². The number of hydrogen-bond donors (Lipinski definition) is 3. The summed E-state index contributed by atoms with van der Waals surface area (Å²) in [6.45, 7) is 3.52. The molecule has 0 aromatic heterocycles. The van der Waals surface area contributed by atoms with E-state index in [0.717, 1.165) is 5.56 Å². The number of nitrogens with zero attached hydrogens (tertiary/aromatic N) is 1. The summed E-state index contributed by atoms with van der Waals surface area (Å²) in [5.41, 5.74) is 13.8. The topological polar surface area (TPSA) is 101 Å². The molecule has 0 bridgehead atoms. The van der Waals surface area contributed by atoms with Gasteiger partial charge < -0.3 is 11.5 Å². The molecule has 2 amide bonds. The second-order valence-electron chi connectivity index (χ2n) is 5.03. The summed E-state index contributed by atoms with van der Waals surface area (Å²) < 4.78 is 0. The van der Waals surface area contributed by atoms with Gasteiger partial charge in [0, 0.05) is 0 Å². The molecule has 0 fully saturated rings. The van der Waals surface area contributed by atoms with Crippen molar-refractivity contribution in [1.29, 1.82) is 0 Å². The zero-order valence-electron chi connectivity index (χ0n) is 11.5. The summed E-state index contributed by atoms with van der Waals surface area (Å²) in [5, 5.41) is 1.59. The highest BCUT2D eigenvalue weighted by molar-refractivity contribution is 5.96.